The lowest BCUT2D eigenvalue weighted by molar-refractivity contribution is -0.751. The molecule has 0 fully saturated rings. The summed E-state index contributed by atoms with van der Waals surface area (Å²) in [4.78, 5) is 3.99. The molecule has 19 heavy (non-hydrogen) atoms. The largest absolute Gasteiger partial charge is 0.471 e. The van der Waals surface area contributed by atoms with Gasteiger partial charge in [-0.1, -0.05) is 11.6 Å². The molecule has 0 saturated heterocycles. The van der Waals surface area contributed by atoms with Crippen LogP contribution in [0.4, 0.5) is 8.78 Å². The Morgan fingerprint density at radius 2 is 2.05 bits per heavy atom. The molecule has 0 aliphatic carbocycles. The number of nitrogens with two attached hydrogens (primary N) is 1. The third kappa shape index (κ3) is 5.70. The van der Waals surface area contributed by atoms with Crippen LogP contribution >= 0.6 is 11.6 Å². The summed E-state index contributed by atoms with van der Waals surface area (Å²) < 4.78 is 28.9. The molecule has 0 amide bonds. The van der Waals surface area contributed by atoms with Crippen molar-refractivity contribution in [3.05, 3.63) is 22.8 Å². The van der Waals surface area contributed by atoms with Gasteiger partial charge in [-0.15, -0.1) is 0 Å². The Hall–Kier alpha value is -0.940. The van der Waals surface area contributed by atoms with Gasteiger partial charge in [0.25, 0.3) is 6.43 Å². The van der Waals surface area contributed by atoms with E-state index in [2.05, 4.69) is 31.1 Å². The van der Waals surface area contributed by atoms with Crippen LogP contribution in [0.15, 0.2) is 12.3 Å². The van der Waals surface area contributed by atoms with Crippen LogP contribution in [0.3, 0.4) is 0 Å². The maximum Gasteiger partial charge on any atom is 0.272 e. The van der Waals surface area contributed by atoms with Crippen molar-refractivity contribution in [2.45, 2.75) is 45.7 Å². The lowest BCUT2D eigenvalue weighted by atomic mass is 10.0. The van der Waals surface area contributed by atoms with Gasteiger partial charge >= 0.3 is 0 Å². The summed E-state index contributed by atoms with van der Waals surface area (Å²) in [6.07, 6.45) is -0.926. The van der Waals surface area contributed by atoms with Gasteiger partial charge < -0.3 is 10.1 Å². The number of pyridine rings is 1. The summed E-state index contributed by atoms with van der Waals surface area (Å²) in [5.41, 5.74) is 1.01. The SMILES string of the molecule is CC([NH2+]C(C)(C)C)c1cnc(OCC(F)F)c(Cl)c1. The Kier molecular flexibility index (Phi) is 5.50. The van der Waals surface area contributed by atoms with E-state index in [1.165, 1.54) is 0 Å². The molecule has 108 valence electrons. The summed E-state index contributed by atoms with van der Waals surface area (Å²) in [5.74, 6) is 0.0497. The second kappa shape index (κ2) is 6.48. The fourth-order valence-electron chi connectivity index (χ4n) is 1.78. The second-order valence-corrected chi connectivity index (χ2v) is 5.99. The van der Waals surface area contributed by atoms with Crippen LogP contribution in [0.5, 0.6) is 5.88 Å². The number of halogens is 3. The Morgan fingerprint density at radius 3 is 2.53 bits per heavy atom. The first-order chi connectivity index (χ1) is 8.69. The van der Waals surface area contributed by atoms with Crippen LogP contribution in [-0.2, 0) is 0 Å². The molecule has 2 N–H and O–H groups in total. The highest BCUT2D eigenvalue weighted by atomic mass is 35.5. The molecule has 3 nitrogen and oxygen atoms in total. The highest BCUT2D eigenvalue weighted by Gasteiger charge is 2.20. The third-order valence-electron chi connectivity index (χ3n) is 2.45. The molecule has 0 spiro atoms. The quantitative estimate of drug-likeness (QED) is 0.906. The van der Waals surface area contributed by atoms with Gasteiger partial charge in [0.1, 0.15) is 11.1 Å². The Morgan fingerprint density at radius 1 is 1.42 bits per heavy atom. The van der Waals surface area contributed by atoms with Crippen molar-refractivity contribution >= 4 is 11.6 Å². The van der Waals surface area contributed by atoms with E-state index < -0.39 is 13.0 Å². The summed E-state index contributed by atoms with van der Waals surface area (Å²) in [6.45, 7) is 7.67. The summed E-state index contributed by atoms with van der Waals surface area (Å²) in [6, 6.07) is 1.89. The van der Waals surface area contributed by atoms with E-state index in [-0.39, 0.29) is 22.5 Å². The number of hydrogen-bond donors (Lipinski definition) is 1. The Balaban J connectivity index is 2.76. The van der Waals surface area contributed by atoms with Crippen molar-refractivity contribution in [1.82, 2.24) is 4.98 Å². The van der Waals surface area contributed by atoms with Crippen LogP contribution in [0.2, 0.25) is 5.02 Å². The molecule has 0 saturated carbocycles. The Bertz CT molecular complexity index is 422. The van der Waals surface area contributed by atoms with Crippen LogP contribution < -0.4 is 10.1 Å². The smallest absolute Gasteiger partial charge is 0.272 e. The number of alkyl halides is 2. The fraction of sp³-hybridized carbons (Fsp3) is 0.615. The molecular weight excluding hydrogens is 274 g/mol. The van der Waals surface area contributed by atoms with Crippen LogP contribution in [-0.4, -0.2) is 23.6 Å². The van der Waals surface area contributed by atoms with E-state index >= 15 is 0 Å². The molecule has 0 bridgehead atoms. The molecular formula is C13H20ClF2N2O+. The summed E-state index contributed by atoms with van der Waals surface area (Å²) in [7, 11) is 0. The molecule has 0 aliphatic heterocycles. The van der Waals surface area contributed by atoms with Gasteiger partial charge in [0.2, 0.25) is 5.88 Å². The number of nitrogens with zero attached hydrogens (tertiary/aromatic N) is 1. The number of rotatable bonds is 5. The average molecular weight is 294 g/mol. The lowest BCUT2D eigenvalue weighted by Gasteiger charge is -2.22. The van der Waals surface area contributed by atoms with Gasteiger partial charge in [-0.25, -0.2) is 13.8 Å². The first-order valence-corrected chi connectivity index (χ1v) is 6.49. The van der Waals surface area contributed by atoms with E-state index in [1.54, 1.807) is 12.3 Å². The van der Waals surface area contributed by atoms with Crippen molar-refractivity contribution < 1.29 is 18.8 Å². The van der Waals surface area contributed by atoms with Crippen molar-refractivity contribution in [1.29, 1.82) is 0 Å². The minimum Gasteiger partial charge on any atom is -0.471 e. The maximum atomic E-state index is 12.0. The van der Waals surface area contributed by atoms with Crippen molar-refractivity contribution in [2.75, 3.05) is 6.61 Å². The molecule has 0 aromatic carbocycles. The van der Waals surface area contributed by atoms with Gasteiger partial charge in [-0.2, -0.15) is 0 Å². The van der Waals surface area contributed by atoms with Gasteiger partial charge in [-0.3, -0.25) is 0 Å². The van der Waals surface area contributed by atoms with Crippen LogP contribution in [0, 0.1) is 0 Å². The maximum absolute atomic E-state index is 12.0. The zero-order valence-electron chi connectivity index (χ0n) is 11.6. The molecule has 1 aromatic rings. The van der Waals surface area contributed by atoms with Gasteiger partial charge in [0.15, 0.2) is 6.61 Å². The monoisotopic (exact) mass is 293 g/mol. The minimum atomic E-state index is -2.54. The van der Waals surface area contributed by atoms with E-state index in [9.17, 15) is 8.78 Å². The van der Waals surface area contributed by atoms with E-state index in [1.807, 2.05) is 6.92 Å². The van der Waals surface area contributed by atoms with E-state index in [0.29, 0.717) is 0 Å². The normalized spacial score (nSPS) is 13.7. The zero-order chi connectivity index (χ0) is 14.6. The van der Waals surface area contributed by atoms with Crippen molar-refractivity contribution in [3.8, 4) is 5.88 Å². The molecule has 1 rings (SSSR count). The molecule has 1 unspecified atom stereocenters. The number of ether oxygens (including phenoxy) is 1. The predicted molar refractivity (Wildman–Crippen MR) is 70.8 cm³/mol. The minimum absolute atomic E-state index is 0.0497. The molecule has 1 atom stereocenters. The number of aromatic nitrogens is 1. The highest BCUT2D eigenvalue weighted by molar-refractivity contribution is 6.31. The predicted octanol–water partition coefficient (Wildman–Crippen LogP) is 2.80. The Labute approximate surface area is 117 Å². The number of hydrogen-bond acceptors (Lipinski definition) is 2. The lowest BCUT2D eigenvalue weighted by Crippen LogP contribution is -2.94. The molecule has 1 heterocycles. The van der Waals surface area contributed by atoms with Crippen LogP contribution in [0.25, 0.3) is 0 Å². The van der Waals surface area contributed by atoms with Crippen molar-refractivity contribution in [3.63, 3.8) is 0 Å². The topological polar surface area (TPSA) is 38.7 Å². The summed E-state index contributed by atoms with van der Waals surface area (Å²) >= 11 is 5.98. The average Bonchev–Trinajstić information content (AvgIpc) is 2.24. The first-order valence-electron chi connectivity index (χ1n) is 6.11. The standard InChI is InChI=1S/C13H19ClF2N2O/c1-8(18-13(2,3)4)9-5-10(14)12(17-6-9)19-7-11(15)16/h5-6,8,11,18H,7H2,1-4H3/p+1. The van der Waals surface area contributed by atoms with E-state index in [0.717, 1.165) is 5.56 Å². The molecule has 1 aromatic heterocycles. The third-order valence-corrected chi connectivity index (χ3v) is 2.72. The van der Waals surface area contributed by atoms with E-state index in [4.69, 9.17) is 16.3 Å². The first kappa shape index (κ1) is 16.1. The van der Waals surface area contributed by atoms with Crippen molar-refractivity contribution in [2.24, 2.45) is 0 Å². The van der Waals surface area contributed by atoms with Gasteiger partial charge in [0, 0.05) is 11.8 Å². The second-order valence-electron chi connectivity index (χ2n) is 5.58. The summed E-state index contributed by atoms with van der Waals surface area (Å²) in [5, 5.41) is 2.44. The van der Waals surface area contributed by atoms with Gasteiger partial charge in [0.05, 0.1) is 5.54 Å². The fourth-order valence-corrected chi connectivity index (χ4v) is 2.01. The molecule has 0 aliphatic rings. The molecule has 6 heteroatoms. The molecule has 0 radical (unpaired) electrons. The van der Waals surface area contributed by atoms with Gasteiger partial charge in [-0.05, 0) is 33.8 Å². The number of quaternary nitrogens is 1. The zero-order valence-corrected chi connectivity index (χ0v) is 12.3. The van der Waals surface area contributed by atoms with Crippen LogP contribution in [0.1, 0.15) is 39.3 Å². The highest BCUT2D eigenvalue weighted by Crippen LogP contribution is 2.24.